The van der Waals surface area contributed by atoms with Gasteiger partial charge >= 0.3 is 0 Å². The van der Waals surface area contributed by atoms with Crippen LogP contribution in [0.25, 0.3) is 11.0 Å². The Morgan fingerprint density at radius 2 is 2.15 bits per heavy atom. The van der Waals surface area contributed by atoms with E-state index in [1.54, 1.807) is 6.26 Å². The van der Waals surface area contributed by atoms with Crippen molar-refractivity contribution in [3.8, 4) is 0 Å². The van der Waals surface area contributed by atoms with Crippen LogP contribution in [-0.4, -0.2) is 14.7 Å². The maximum atomic E-state index is 4.85. The van der Waals surface area contributed by atoms with Crippen LogP contribution in [0.4, 0.5) is 5.95 Å². The summed E-state index contributed by atoms with van der Waals surface area (Å²) in [6.45, 7) is 1.67. The molecule has 0 unspecified atom stereocenters. The first kappa shape index (κ1) is 11.5. The molecule has 102 valence electrons. The quantitative estimate of drug-likeness (QED) is 0.772. The predicted octanol–water partition coefficient (Wildman–Crippen LogP) is 3.05. The Balaban J connectivity index is 1.65. The van der Waals surface area contributed by atoms with Gasteiger partial charge in [0.2, 0.25) is 5.95 Å². The maximum absolute atomic E-state index is 4.85. The lowest BCUT2D eigenvalue weighted by molar-refractivity contribution is 0.412. The van der Waals surface area contributed by atoms with Crippen LogP contribution < -0.4 is 5.32 Å². The van der Waals surface area contributed by atoms with Crippen LogP contribution in [0.3, 0.4) is 0 Å². The highest BCUT2D eigenvalue weighted by Crippen LogP contribution is 2.33. The fraction of sp³-hybridized carbons (Fsp3) is 0.333. The van der Waals surface area contributed by atoms with Gasteiger partial charge in [-0.15, -0.1) is 0 Å². The second-order valence-corrected chi connectivity index (χ2v) is 5.32. The summed E-state index contributed by atoms with van der Waals surface area (Å²) < 4.78 is 7.13. The van der Waals surface area contributed by atoms with Crippen molar-refractivity contribution in [1.29, 1.82) is 0 Å². The van der Waals surface area contributed by atoms with Gasteiger partial charge in [-0.25, -0.2) is 4.98 Å². The molecule has 1 aromatic carbocycles. The van der Waals surface area contributed by atoms with E-state index in [2.05, 4.69) is 38.2 Å². The van der Waals surface area contributed by atoms with E-state index in [0.717, 1.165) is 29.6 Å². The third-order valence-corrected chi connectivity index (χ3v) is 3.71. The molecule has 0 spiro atoms. The summed E-state index contributed by atoms with van der Waals surface area (Å²) in [6.07, 6.45) is 4.24. The summed E-state index contributed by atoms with van der Waals surface area (Å²) in [6, 6.07) is 10.1. The first-order chi connectivity index (χ1) is 9.90. The monoisotopic (exact) mass is 268 g/mol. The molecular formula is C15H16N4O. The molecule has 2 heterocycles. The summed E-state index contributed by atoms with van der Waals surface area (Å²) in [5.74, 6) is 1.72. The molecule has 0 radical (unpaired) electrons. The van der Waals surface area contributed by atoms with Gasteiger partial charge in [-0.2, -0.15) is 0 Å². The molecule has 1 N–H and O–H groups in total. The van der Waals surface area contributed by atoms with Gasteiger partial charge in [0.05, 0.1) is 17.6 Å². The van der Waals surface area contributed by atoms with Crippen molar-refractivity contribution in [2.75, 3.05) is 5.32 Å². The number of rotatable bonds is 5. The zero-order valence-electron chi connectivity index (χ0n) is 11.1. The van der Waals surface area contributed by atoms with Gasteiger partial charge in [0.15, 0.2) is 0 Å². The summed E-state index contributed by atoms with van der Waals surface area (Å²) in [5.41, 5.74) is 3.12. The largest absolute Gasteiger partial charge is 0.364 e. The lowest BCUT2D eigenvalue weighted by Crippen LogP contribution is -2.09. The van der Waals surface area contributed by atoms with Gasteiger partial charge in [0, 0.05) is 12.6 Å². The average molecular weight is 268 g/mol. The molecule has 3 aromatic rings. The van der Waals surface area contributed by atoms with E-state index in [1.807, 2.05) is 12.1 Å². The average Bonchev–Trinajstić information content (AvgIpc) is 3.00. The van der Waals surface area contributed by atoms with Crippen LogP contribution >= 0.6 is 0 Å². The number of imidazole rings is 1. The van der Waals surface area contributed by atoms with E-state index >= 15 is 0 Å². The number of para-hydroxylation sites is 2. The smallest absolute Gasteiger partial charge is 0.204 e. The molecule has 4 rings (SSSR count). The van der Waals surface area contributed by atoms with E-state index in [-0.39, 0.29) is 0 Å². The van der Waals surface area contributed by atoms with Gasteiger partial charge in [0.1, 0.15) is 12.0 Å². The third-order valence-electron chi connectivity index (χ3n) is 3.71. The SMILES string of the molecule is c1ccc2c(c1)nc(NCc1ccon1)n2CC1CC1. The van der Waals surface area contributed by atoms with Crippen molar-refractivity contribution < 1.29 is 4.52 Å². The van der Waals surface area contributed by atoms with Crippen LogP contribution in [-0.2, 0) is 13.1 Å². The molecule has 2 aromatic heterocycles. The summed E-state index contributed by atoms with van der Waals surface area (Å²) in [4.78, 5) is 4.69. The zero-order chi connectivity index (χ0) is 13.4. The highest BCUT2D eigenvalue weighted by Gasteiger charge is 2.24. The van der Waals surface area contributed by atoms with E-state index < -0.39 is 0 Å². The molecule has 1 saturated carbocycles. The lowest BCUT2D eigenvalue weighted by Gasteiger charge is -2.09. The number of hydrogen-bond donors (Lipinski definition) is 1. The van der Waals surface area contributed by atoms with Crippen molar-refractivity contribution in [2.24, 2.45) is 5.92 Å². The Morgan fingerprint density at radius 1 is 1.25 bits per heavy atom. The molecule has 0 bridgehead atoms. The Hall–Kier alpha value is -2.30. The molecule has 0 atom stereocenters. The molecule has 20 heavy (non-hydrogen) atoms. The molecule has 1 aliphatic rings. The number of hydrogen-bond acceptors (Lipinski definition) is 4. The molecular weight excluding hydrogens is 252 g/mol. The van der Waals surface area contributed by atoms with Crippen LogP contribution in [0.15, 0.2) is 41.1 Å². The van der Waals surface area contributed by atoms with Crippen LogP contribution in [0, 0.1) is 5.92 Å². The molecule has 1 fully saturated rings. The van der Waals surface area contributed by atoms with Crippen LogP contribution in [0.1, 0.15) is 18.5 Å². The van der Waals surface area contributed by atoms with Crippen molar-refractivity contribution in [3.63, 3.8) is 0 Å². The fourth-order valence-electron chi connectivity index (χ4n) is 2.45. The van der Waals surface area contributed by atoms with E-state index in [0.29, 0.717) is 6.54 Å². The highest BCUT2D eigenvalue weighted by atomic mass is 16.5. The minimum Gasteiger partial charge on any atom is -0.364 e. The minimum atomic E-state index is 0.629. The second kappa shape index (κ2) is 4.67. The minimum absolute atomic E-state index is 0.629. The number of nitrogens with zero attached hydrogens (tertiary/aromatic N) is 3. The van der Waals surface area contributed by atoms with Crippen molar-refractivity contribution in [3.05, 3.63) is 42.3 Å². The Morgan fingerprint density at radius 3 is 2.95 bits per heavy atom. The van der Waals surface area contributed by atoms with Crippen molar-refractivity contribution in [1.82, 2.24) is 14.7 Å². The number of fused-ring (bicyclic) bond motifs is 1. The Labute approximate surface area is 116 Å². The summed E-state index contributed by atoms with van der Waals surface area (Å²) in [7, 11) is 0. The number of benzene rings is 1. The number of anilines is 1. The Kier molecular flexibility index (Phi) is 2.69. The molecule has 5 heteroatoms. The number of aromatic nitrogens is 3. The van der Waals surface area contributed by atoms with Gasteiger partial charge in [0.25, 0.3) is 0 Å². The fourth-order valence-corrected chi connectivity index (χ4v) is 2.45. The molecule has 1 aliphatic carbocycles. The van der Waals surface area contributed by atoms with Crippen LogP contribution in [0.2, 0.25) is 0 Å². The maximum Gasteiger partial charge on any atom is 0.204 e. The molecule has 5 nitrogen and oxygen atoms in total. The lowest BCUT2D eigenvalue weighted by atomic mass is 10.3. The standard InChI is InChI=1S/C15H16N4O/c1-2-4-14-13(3-1)17-15(19(14)10-11-5-6-11)16-9-12-7-8-20-18-12/h1-4,7-8,11H,5-6,9-10H2,(H,16,17). The van der Waals surface area contributed by atoms with Crippen molar-refractivity contribution in [2.45, 2.75) is 25.9 Å². The summed E-state index contributed by atoms with van der Waals surface area (Å²) in [5, 5.41) is 7.28. The highest BCUT2D eigenvalue weighted by molar-refractivity contribution is 5.78. The van der Waals surface area contributed by atoms with E-state index in [4.69, 9.17) is 4.52 Å². The molecule has 0 aliphatic heterocycles. The second-order valence-electron chi connectivity index (χ2n) is 5.32. The molecule has 0 saturated heterocycles. The van der Waals surface area contributed by atoms with Gasteiger partial charge < -0.3 is 14.4 Å². The van der Waals surface area contributed by atoms with Crippen molar-refractivity contribution >= 4 is 17.0 Å². The first-order valence-corrected chi connectivity index (χ1v) is 6.98. The van der Waals surface area contributed by atoms with E-state index in [9.17, 15) is 0 Å². The summed E-state index contributed by atoms with van der Waals surface area (Å²) >= 11 is 0. The van der Waals surface area contributed by atoms with Gasteiger partial charge in [-0.1, -0.05) is 17.3 Å². The topological polar surface area (TPSA) is 55.9 Å². The van der Waals surface area contributed by atoms with Crippen LogP contribution in [0.5, 0.6) is 0 Å². The van der Waals surface area contributed by atoms with E-state index in [1.165, 1.54) is 18.4 Å². The van der Waals surface area contributed by atoms with Gasteiger partial charge in [-0.3, -0.25) is 0 Å². The number of nitrogens with one attached hydrogen (secondary N) is 1. The third kappa shape index (κ3) is 2.15. The van der Waals surface area contributed by atoms with Gasteiger partial charge in [-0.05, 0) is 30.9 Å². The first-order valence-electron chi connectivity index (χ1n) is 6.98. The normalized spacial score (nSPS) is 14.8. The molecule has 0 amide bonds. The zero-order valence-corrected chi connectivity index (χ0v) is 11.1. The Bertz CT molecular complexity index is 713. The predicted molar refractivity (Wildman–Crippen MR) is 76.3 cm³/mol.